The van der Waals surface area contributed by atoms with Crippen LogP contribution in [-0.2, 0) is 4.79 Å². The first-order valence-corrected chi connectivity index (χ1v) is 4.44. The summed E-state index contributed by atoms with van der Waals surface area (Å²) in [7, 11) is 0. The summed E-state index contributed by atoms with van der Waals surface area (Å²) in [6, 6.07) is 0. The Balaban J connectivity index is 2.83. The fourth-order valence-corrected chi connectivity index (χ4v) is 1.08. The summed E-state index contributed by atoms with van der Waals surface area (Å²) in [6.07, 6.45) is -1.95. The molecule has 0 aliphatic carbocycles. The minimum atomic E-state index is -1.39. The van der Waals surface area contributed by atoms with E-state index in [1.807, 2.05) is 0 Å². The molecule has 16 heavy (non-hydrogen) atoms. The predicted octanol–water partition coefficient (Wildman–Crippen LogP) is -2.09. The van der Waals surface area contributed by atoms with Crippen LogP contribution in [0.1, 0.15) is 18.2 Å². The molecule has 1 heterocycles. The van der Waals surface area contributed by atoms with E-state index in [0.29, 0.717) is 0 Å². The second-order valence-electron chi connectivity index (χ2n) is 3.25. The molecule has 0 saturated heterocycles. The molecular weight excluding hydrogens is 214 g/mol. The van der Waals surface area contributed by atoms with Crippen LogP contribution in [0.3, 0.4) is 0 Å². The van der Waals surface area contributed by atoms with Gasteiger partial charge in [0.15, 0.2) is 11.6 Å². The summed E-state index contributed by atoms with van der Waals surface area (Å²) in [5.74, 6) is -0.758. The fraction of sp³-hybridized carbons (Fsp3) is 0.375. The first-order valence-electron chi connectivity index (χ1n) is 4.44. The second-order valence-corrected chi connectivity index (χ2v) is 3.25. The highest BCUT2D eigenvalue weighted by atomic mass is 16.3. The van der Waals surface area contributed by atoms with Crippen LogP contribution < -0.4 is 17.2 Å². The Morgan fingerprint density at radius 3 is 2.50 bits per heavy atom. The molecule has 0 bridgehead atoms. The Morgan fingerprint density at radius 1 is 1.38 bits per heavy atom. The number of rotatable bonds is 4. The number of primary amides is 1. The van der Waals surface area contributed by atoms with Crippen molar-refractivity contribution in [2.75, 3.05) is 11.5 Å². The molecule has 2 atom stereocenters. The lowest BCUT2D eigenvalue weighted by molar-refractivity contribution is -0.121. The molecular formula is C8H13N5O3. The van der Waals surface area contributed by atoms with E-state index in [1.54, 1.807) is 0 Å². The zero-order chi connectivity index (χ0) is 12.3. The summed E-state index contributed by atoms with van der Waals surface area (Å²) in [4.78, 5) is 17.9. The fourth-order valence-electron chi connectivity index (χ4n) is 1.08. The molecule has 88 valence electrons. The van der Waals surface area contributed by atoms with Gasteiger partial charge in [0.2, 0.25) is 5.91 Å². The van der Waals surface area contributed by atoms with E-state index >= 15 is 0 Å². The summed E-state index contributed by atoms with van der Waals surface area (Å²) in [5, 5.41) is 19.0. The van der Waals surface area contributed by atoms with Crippen molar-refractivity contribution in [3.8, 4) is 0 Å². The molecule has 0 spiro atoms. The number of amides is 1. The second kappa shape index (κ2) is 4.73. The van der Waals surface area contributed by atoms with Crippen molar-refractivity contribution >= 4 is 17.5 Å². The number of carbonyl (C=O) groups is 1. The highest BCUT2D eigenvalue weighted by Gasteiger charge is 2.22. The number of hydrogen-bond acceptors (Lipinski definition) is 7. The summed E-state index contributed by atoms with van der Waals surface area (Å²) >= 11 is 0. The summed E-state index contributed by atoms with van der Waals surface area (Å²) in [6.45, 7) is 0. The van der Waals surface area contributed by atoms with E-state index in [4.69, 9.17) is 17.2 Å². The van der Waals surface area contributed by atoms with Gasteiger partial charge in [-0.15, -0.1) is 0 Å². The minimum Gasteiger partial charge on any atom is -0.389 e. The molecule has 0 aromatic carbocycles. The van der Waals surface area contributed by atoms with E-state index in [2.05, 4.69) is 9.97 Å². The van der Waals surface area contributed by atoms with Crippen molar-refractivity contribution in [3.63, 3.8) is 0 Å². The molecule has 1 rings (SSSR count). The molecule has 0 aliphatic rings. The standard InChI is InChI=1S/C8H13N5O3/c9-5(15)1-4(14)6(16)3-2-12-7(10)8(11)13-3/h2,4,6,14,16H,1H2,(H2,9,15)(H2,10,12)(H2,11,13). The van der Waals surface area contributed by atoms with Gasteiger partial charge in [0.05, 0.1) is 24.4 Å². The first kappa shape index (κ1) is 12.1. The van der Waals surface area contributed by atoms with Gasteiger partial charge in [-0.05, 0) is 0 Å². The van der Waals surface area contributed by atoms with Gasteiger partial charge in [0.1, 0.15) is 6.10 Å². The molecule has 0 radical (unpaired) electrons. The van der Waals surface area contributed by atoms with Crippen molar-refractivity contribution in [2.45, 2.75) is 18.6 Å². The average molecular weight is 227 g/mol. The van der Waals surface area contributed by atoms with Crippen molar-refractivity contribution in [1.82, 2.24) is 9.97 Å². The normalized spacial score (nSPS) is 14.4. The van der Waals surface area contributed by atoms with Crippen LogP contribution in [-0.4, -0.2) is 32.2 Å². The lowest BCUT2D eigenvalue weighted by atomic mass is 10.1. The molecule has 8 nitrogen and oxygen atoms in total. The van der Waals surface area contributed by atoms with Crippen molar-refractivity contribution in [3.05, 3.63) is 11.9 Å². The molecule has 1 aromatic heterocycles. The average Bonchev–Trinajstić information content (AvgIpc) is 2.20. The zero-order valence-corrected chi connectivity index (χ0v) is 8.37. The molecule has 8 heteroatoms. The van der Waals surface area contributed by atoms with E-state index in [1.165, 1.54) is 6.20 Å². The van der Waals surface area contributed by atoms with E-state index < -0.39 is 18.1 Å². The van der Waals surface area contributed by atoms with Gasteiger partial charge in [-0.3, -0.25) is 4.79 Å². The summed E-state index contributed by atoms with van der Waals surface area (Å²) < 4.78 is 0. The van der Waals surface area contributed by atoms with Crippen LogP contribution in [0.15, 0.2) is 6.20 Å². The zero-order valence-electron chi connectivity index (χ0n) is 8.37. The molecule has 0 saturated carbocycles. The summed E-state index contributed by atoms with van der Waals surface area (Å²) in [5.41, 5.74) is 15.6. The largest absolute Gasteiger partial charge is 0.389 e. The number of nitrogens with zero attached hydrogens (tertiary/aromatic N) is 2. The van der Waals surface area contributed by atoms with Crippen molar-refractivity contribution < 1.29 is 15.0 Å². The SMILES string of the molecule is NC(=O)CC(O)C(O)c1cnc(N)c(N)n1. The Kier molecular flexibility index (Phi) is 3.59. The Labute approximate surface area is 91.1 Å². The van der Waals surface area contributed by atoms with E-state index in [9.17, 15) is 15.0 Å². The molecule has 0 fully saturated rings. The smallest absolute Gasteiger partial charge is 0.220 e. The first-order chi connectivity index (χ1) is 7.41. The predicted molar refractivity (Wildman–Crippen MR) is 55.6 cm³/mol. The molecule has 0 aliphatic heterocycles. The monoisotopic (exact) mass is 227 g/mol. The third-order valence-corrected chi connectivity index (χ3v) is 1.93. The number of aliphatic hydroxyl groups excluding tert-OH is 2. The number of nitrogens with two attached hydrogens (primary N) is 3. The Morgan fingerprint density at radius 2 is 2.00 bits per heavy atom. The van der Waals surface area contributed by atoms with Crippen LogP contribution in [0.4, 0.5) is 11.6 Å². The van der Waals surface area contributed by atoms with Crippen LogP contribution in [0.2, 0.25) is 0 Å². The quantitative estimate of drug-likeness (QED) is 0.394. The third-order valence-electron chi connectivity index (χ3n) is 1.93. The molecule has 1 amide bonds. The third kappa shape index (κ3) is 2.78. The Bertz CT molecular complexity index is 397. The maximum atomic E-state index is 10.5. The van der Waals surface area contributed by atoms with Gasteiger partial charge in [-0.25, -0.2) is 9.97 Å². The number of aromatic nitrogens is 2. The topological polar surface area (TPSA) is 161 Å². The highest BCUT2D eigenvalue weighted by Crippen LogP contribution is 2.18. The van der Waals surface area contributed by atoms with Gasteiger partial charge in [0, 0.05) is 0 Å². The lowest BCUT2D eigenvalue weighted by Gasteiger charge is -2.15. The van der Waals surface area contributed by atoms with Crippen molar-refractivity contribution in [2.24, 2.45) is 5.73 Å². The van der Waals surface area contributed by atoms with Gasteiger partial charge in [-0.1, -0.05) is 0 Å². The van der Waals surface area contributed by atoms with Crippen molar-refractivity contribution in [1.29, 1.82) is 0 Å². The Hall–Kier alpha value is -1.93. The van der Waals surface area contributed by atoms with Crippen LogP contribution in [0.25, 0.3) is 0 Å². The van der Waals surface area contributed by atoms with Gasteiger partial charge in [-0.2, -0.15) is 0 Å². The number of anilines is 2. The van der Waals surface area contributed by atoms with E-state index in [-0.39, 0.29) is 23.8 Å². The number of hydrogen-bond donors (Lipinski definition) is 5. The number of carbonyl (C=O) groups excluding carboxylic acids is 1. The maximum Gasteiger partial charge on any atom is 0.220 e. The highest BCUT2D eigenvalue weighted by molar-refractivity contribution is 5.74. The van der Waals surface area contributed by atoms with Crippen LogP contribution in [0.5, 0.6) is 0 Å². The number of aliphatic hydroxyl groups is 2. The molecule has 8 N–H and O–H groups in total. The van der Waals surface area contributed by atoms with Crippen LogP contribution in [0, 0.1) is 0 Å². The van der Waals surface area contributed by atoms with Crippen LogP contribution >= 0.6 is 0 Å². The van der Waals surface area contributed by atoms with Gasteiger partial charge < -0.3 is 27.4 Å². The molecule has 1 aromatic rings. The molecule has 2 unspecified atom stereocenters. The maximum absolute atomic E-state index is 10.5. The van der Waals surface area contributed by atoms with Gasteiger partial charge in [0.25, 0.3) is 0 Å². The lowest BCUT2D eigenvalue weighted by Crippen LogP contribution is -2.26. The minimum absolute atomic E-state index is 0.0281. The van der Waals surface area contributed by atoms with E-state index in [0.717, 1.165) is 0 Å². The number of nitrogen functional groups attached to an aromatic ring is 2. The van der Waals surface area contributed by atoms with Gasteiger partial charge >= 0.3 is 0 Å².